The molecule has 0 saturated carbocycles. The van der Waals surface area contributed by atoms with Crippen molar-refractivity contribution in [1.29, 1.82) is 0 Å². The van der Waals surface area contributed by atoms with Crippen LogP contribution >= 0.6 is 23.1 Å². The SMILES string of the molecule is CSc1cccc2sc(NC(=O)c3cccc(C(F)(F)F)c3)nc12. The van der Waals surface area contributed by atoms with Crippen molar-refractivity contribution in [3.05, 3.63) is 53.6 Å². The predicted octanol–water partition coefficient (Wildman–Crippen LogP) is 5.29. The van der Waals surface area contributed by atoms with Gasteiger partial charge in [0.15, 0.2) is 5.13 Å². The maximum Gasteiger partial charge on any atom is 0.416 e. The number of hydrogen-bond acceptors (Lipinski definition) is 4. The number of alkyl halides is 3. The summed E-state index contributed by atoms with van der Waals surface area (Å²) in [6, 6.07) is 10.0. The van der Waals surface area contributed by atoms with Crippen molar-refractivity contribution in [3.63, 3.8) is 0 Å². The summed E-state index contributed by atoms with van der Waals surface area (Å²) in [4.78, 5) is 17.5. The van der Waals surface area contributed by atoms with E-state index in [0.29, 0.717) is 5.13 Å². The maximum atomic E-state index is 12.7. The second-order valence-corrected chi connectivity index (χ2v) is 6.74. The minimum absolute atomic E-state index is 0.0610. The molecule has 0 saturated heterocycles. The molecule has 0 fully saturated rings. The van der Waals surface area contributed by atoms with Crippen molar-refractivity contribution in [2.45, 2.75) is 11.1 Å². The van der Waals surface area contributed by atoms with Crippen LogP contribution in [0.2, 0.25) is 0 Å². The Morgan fingerprint density at radius 3 is 2.67 bits per heavy atom. The molecular weight excluding hydrogens is 357 g/mol. The van der Waals surface area contributed by atoms with E-state index in [-0.39, 0.29) is 5.56 Å². The molecule has 0 atom stereocenters. The zero-order valence-corrected chi connectivity index (χ0v) is 14.0. The number of aromatic nitrogens is 1. The molecule has 1 amide bonds. The summed E-state index contributed by atoms with van der Waals surface area (Å²) in [7, 11) is 0. The third-order valence-corrected chi connectivity index (χ3v) is 4.98. The molecule has 3 rings (SSSR count). The summed E-state index contributed by atoms with van der Waals surface area (Å²) in [5, 5.41) is 2.92. The van der Waals surface area contributed by atoms with Gasteiger partial charge in [0, 0.05) is 10.5 Å². The van der Waals surface area contributed by atoms with Gasteiger partial charge in [-0.15, -0.1) is 11.8 Å². The van der Waals surface area contributed by atoms with Crippen molar-refractivity contribution in [3.8, 4) is 0 Å². The van der Waals surface area contributed by atoms with E-state index in [1.807, 2.05) is 24.5 Å². The Labute approximate surface area is 143 Å². The lowest BCUT2D eigenvalue weighted by Gasteiger charge is -2.08. The molecule has 0 aliphatic heterocycles. The van der Waals surface area contributed by atoms with Crippen LogP contribution in [-0.2, 0) is 6.18 Å². The Kier molecular flexibility index (Phi) is 4.51. The minimum atomic E-state index is -4.49. The van der Waals surface area contributed by atoms with Crippen LogP contribution in [0.3, 0.4) is 0 Å². The lowest BCUT2D eigenvalue weighted by Crippen LogP contribution is -2.13. The third-order valence-electron chi connectivity index (χ3n) is 3.27. The standard InChI is InChI=1S/C16H11F3N2OS2/c1-23-11-6-3-7-12-13(11)20-15(24-12)21-14(22)9-4-2-5-10(8-9)16(17,18)19/h2-8H,1H3,(H,20,21,22). The molecule has 0 spiro atoms. The summed E-state index contributed by atoms with van der Waals surface area (Å²) in [5.41, 5.74) is -0.146. The molecule has 3 aromatic rings. The molecule has 0 unspecified atom stereocenters. The molecule has 0 aliphatic carbocycles. The van der Waals surface area contributed by atoms with Crippen LogP contribution in [0.15, 0.2) is 47.4 Å². The fourth-order valence-electron chi connectivity index (χ4n) is 2.15. The number of carbonyl (C=O) groups is 1. The number of halogens is 3. The first-order chi connectivity index (χ1) is 11.4. The zero-order valence-electron chi connectivity index (χ0n) is 12.3. The maximum absolute atomic E-state index is 12.7. The van der Waals surface area contributed by atoms with Crippen molar-refractivity contribution in [2.75, 3.05) is 11.6 Å². The van der Waals surface area contributed by atoms with Crippen molar-refractivity contribution >= 4 is 44.4 Å². The van der Waals surface area contributed by atoms with E-state index in [1.165, 1.54) is 35.2 Å². The number of thiazole rings is 1. The zero-order chi connectivity index (χ0) is 17.3. The summed E-state index contributed by atoms with van der Waals surface area (Å²) < 4.78 is 39.1. The summed E-state index contributed by atoms with van der Waals surface area (Å²) in [6.07, 6.45) is -2.56. The van der Waals surface area contributed by atoms with Crippen LogP contribution in [0.1, 0.15) is 15.9 Å². The number of nitrogens with one attached hydrogen (secondary N) is 1. The average Bonchev–Trinajstić information content (AvgIpc) is 2.96. The van der Waals surface area contributed by atoms with E-state index in [4.69, 9.17) is 0 Å². The first-order valence-corrected chi connectivity index (χ1v) is 8.85. The van der Waals surface area contributed by atoms with E-state index < -0.39 is 17.6 Å². The van der Waals surface area contributed by atoms with Crippen molar-refractivity contribution < 1.29 is 18.0 Å². The van der Waals surface area contributed by atoms with Crippen LogP contribution < -0.4 is 5.32 Å². The number of thioether (sulfide) groups is 1. The average molecular weight is 368 g/mol. The summed E-state index contributed by atoms with van der Waals surface area (Å²) in [5.74, 6) is -0.620. The van der Waals surface area contributed by atoms with E-state index in [0.717, 1.165) is 27.2 Å². The van der Waals surface area contributed by atoms with Gasteiger partial charge < -0.3 is 0 Å². The molecular formula is C16H11F3N2OS2. The molecule has 2 aromatic carbocycles. The first kappa shape index (κ1) is 16.8. The monoisotopic (exact) mass is 368 g/mol. The molecule has 24 heavy (non-hydrogen) atoms. The van der Waals surface area contributed by atoms with Crippen LogP contribution in [-0.4, -0.2) is 17.1 Å². The number of nitrogens with zero attached hydrogens (tertiary/aromatic N) is 1. The van der Waals surface area contributed by atoms with Crippen LogP contribution in [0.5, 0.6) is 0 Å². The van der Waals surface area contributed by atoms with Gasteiger partial charge >= 0.3 is 6.18 Å². The lowest BCUT2D eigenvalue weighted by atomic mass is 10.1. The second kappa shape index (κ2) is 6.45. The lowest BCUT2D eigenvalue weighted by molar-refractivity contribution is -0.137. The number of rotatable bonds is 3. The van der Waals surface area contributed by atoms with E-state index in [2.05, 4.69) is 10.3 Å². The number of para-hydroxylation sites is 1. The fourth-order valence-corrected chi connectivity index (χ4v) is 3.66. The van der Waals surface area contributed by atoms with Crippen LogP contribution in [0.25, 0.3) is 10.2 Å². The van der Waals surface area contributed by atoms with E-state index >= 15 is 0 Å². The largest absolute Gasteiger partial charge is 0.416 e. The highest BCUT2D eigenvalue weighted by atomic mass is 32.2. The molecule has 3 nitrogen and oxygen atoms in total. The Hall–Kier alpha value is -2.06. The normalized spacial score (nSPS) is 11.7. The second-order valence-electron chi connectivity index (χ2n) is 4.86. The number of benzene rings is 2. The van der Waals surface area contributed by atoms with Gasteiger partial charge in [-0.3, -0.25) is 10.1 Å². The van der Waals surface area contributed by atoms with Crippen LogP contribution in [0.4, 0.5) is 18.3 Å². The minimum Gasteiger partial charge on any atom is -0.298 e. The molecule has 8 heteroatoms. The smallest absolute Gasteiger partial charge is 0.298 e. The Balaban J connectivity index is 1.88. The molecule has 0 aliphatic rings. The molecule has 1 N–H and O–H groups in total. The molecule has 0 bridgehead atoms. The Bertz CT molecular complexity index is 906. The Morgan fingerprint density at radius 1 is 1.21 bits per heavy atom. The van der Waals surface area contributed by atoms with E-state index in [1.54, 1.807) is 0 Å². The Morgan fingerprint density at radius 2 is 1.96 bits per heavy atom. The van der Waals surface area contributed by atoms with Gasteiger partial charge in [-0.25, -0.2) is 4.98 Å². The van der Waals surface area contributed by atoms with Gasteiger partial charge in [-0.1, -0.05) is 23.5 Å². The number of hydrogen-bond donors (Lipinski definition) is 1. The quantitative estimate of drug-likeness (QED) is 0.639. The number of carbonyl (C=O) groups excluding carboxylic acids is 1. The van der Waals surface area contributed by atoms with Gasteiger partial charge in [0.1, 0.15) is 0 Å². The summed E-state index contributed by atoms with van der Waals surface area (Å²) in [6.45, 7) is 0. The fraction of sp³-hybridized carbons (Fsp3) is 0.125. The van der Waals surface area contributed by atoms with Crippen molar-refractivity contribution in [2.24, 2.45) is 0 Å². The van der Waals surface area contributed by atoms with Gasteiger partial charge in [0.05, 0.1) is 15.8 Å². The van der Waals surface area contributed by atoms with Gasteiger partial charge in [-0.05, 0) is 36.6 Å². The predicted molar refractivity (Wildman–Crippen MR) is 90.8 cm³/mol. The van der Waals surface area contributed by atoms with Crippen molar-refractivity contribution in [1.82, 2.24) is 4.98 Å². The number of anilines is 1. The van der Waals surface area contributed by atoms with Gasteiger partial charge in [-0.2, -0.15) is 13.2 Å². The third kappa shape index (κ3) is 3.39. The summed E-state index contributed by atoms with van der Waals surface area (Å²) >= 11 is 2.82. The highest BCUT2D eigenvalue weighted by Crippen LogP contribution is 2.33. The highest BCUT2D eigenvalue weighted by molar-refractivity contribution is 7.98. The number of fused-ring (bicyclic) bond motifs is 1. The first-order valence-electron chi connectivity index (χ1n) is 6.80. The van der Waals surface area contributed by atoms with Crippen LogP contribution in [0, 0.1) is 0 Å². The van der Waals surface area contributed by atoms with E-state index in [9.17, 15) is 18.0 Å². The number of amides is 1. The molecule has 1 heterocycles. The van der Waals surface area contributed by atoms with Gasteiger partial charge in [0.2, 0.25) is 0 Å². The molecule has 124 valence electrons. The highest BCUT2D eigenvalue weighted by Gasteiger charge is 2.30. The molecule has 1 aromatic heterocycles. The molecule has 0 radical (unpaired) electrons. The van der Waals surface area contributed by atoms with Gasteiger partial charge in [0.25, 0.3) is 5.91 Å². The topological polar surface area (TPSA) is 42.0 Å².